The predicted molar refractivity (Wildman–Crippen MR) is 179 cm³/mol. The SMILES string of the molecule is CCc1[nH]nc(C(=O)Nc2ccc(C=C3CNC3)c(F)c2)c1C.O=C(Nc1ccc(C=C2CNC2)cc1)Nc1ccc(C(F)(F)F)cc1. The predicted octanol–water partition coefficient (Wildman–Crippen LogP) is 6.99. The van der Waals surface area contributed by atoms with Crippen molar-refractivity contribution in [1.29, 1.82) is 0 Å². The van der Waals surface area contributed by atoms with E-state index in [-0.39, 0.29) is 17.4 Å². The Kier molecular flexibility index (Phi) is 10.7. The molecule has 0 unspecified atom stereocenters. The van der Waals surface area contributed by atoms with Gasteiger partial charge in [0.05, 0.1) is 5.56 Å². The highest BCUT2D eigenvalue weighted by Crippen LogP contribution is 2.30. The minimum absolute atomic E-state index is 0.282. The Balaban J connectivity index is 0.000000188. The lowest BCUT2D eigenvalue weighted by Gasteiger charge is -2.18. The molecular formula is C35H35F4N7O2. The number of nitrogens with zero attached hydrogens (tertiary/aromatic N) is 1. The molecule has 4 aromatic rings. The maximum atomic E-state index is 14.1. The first-order valence-corrected chi connectivity index (χ1v) is 15.3. The lowest BCUT2D eigenvalue weighted by atomic mass is 10.1. The van der Waals surface area contributed by atoms with Crippen LogP contribution in [0.2, 0.25) is 0 Å². The van der Waals surface area contributed by atoms with Crippen LogP contribution in [0.3, 0.4) is 0 Å². The molecule has 0 radical (unpaired) electrons. The van der Waals surface area contributed by atoms with Crippen LogP contribution >= 0.6 is 0 Å². The number of carbonyl (C=O) groups is 2. The normalized spacial score (nSPS) is 13.7. The number of nitrogens with one attached hydrogen (secondary N) is 6. The maximum absolute atomic E-state index is 14.1. The number of carbonyl (C=O) groups excluding carboxylic acids is 2. The minimum atomic E-state index is -4.40. The third-order valence-electron chi connectivity index (χ3n) is 7.71. The molecule has 6 N–H and O–H groups in total. The number of aromatic amines is 1. The average molecular weight is 662 g/mol. The second-order valence-corrected chi connectivity index (χ2v) is 11.3. The van der Waals surface area contributed by atoms with E-state index in [0.29, 0.717) is 22.6 Å². The summed E-state index contributed by atoms with van der Waals surface area (Å²) in [5.41, 5.74) is 6.69. The molecule has 0 saturated carbocycles. The van der Waals surface area contributed by atoms with Crippen molar-refractivity contribution in [2.75, 3.05) is 42.1 Å². The Hall–Kier alpha value is -5.27. The Morgan fingerprint density at radius 1 is 0.812 bits per heavy atom. The van der Waals surface area contributed by atoms with Crippen molar-refractivity contribution in [3.63, 3.8) is 0 Å². The number of anilines is 3. The molecule has 2 aliphatic heterocycles. The van der Waals surface area contributed by atoms with E-state index in [1.807, 2.05) is 32.1 Å². The standard InChI is InChI=1S/C18H16F3N3O.C17H19FN4O/c19-18(20,21)14-3-7-16(8-4-14)24-17(25)23-15-5-1-12(2-6-15)9-13-10-22-11-13;1-3-15-10(2)16(22-21-15)17(23)20-13-5-4-12(14(18)7-13)6-11-8-19-9-11/h1-9,22H,10-11H2,(H2,23,24,25);4-7,19H,3,8-9H2,1-2H3,(H,20,23)(H,21,22). The molecule has 3 amide bonds. The molecule has 13 heteroatoms. The van der Waals surface area contributed by atoms with E-state index >= 15 is 0 Å². The van der Waals surface area contributed by atoms with E-state index in [2.05, 4.69) is 42.9 Å². The van der Waals surface area contributed by atoms with E-state index < -0.39 is 17.8 Å². The maximum Gasteiger partial charge on any atom is 0.416 e. The van der Waals surface area contributed by atoms with Gasteiger partial charge >= 0.3 is 12.2 Å². The lowest BCUT2D eigenvalue weighted by molar-refractivity contribution is -0.137. The van der Waals surface area contributed by atoms with E-state index in [1.165, 1.54) is 29.3 Å². The van der Waals surface area contributed by atoms with Crippen LogP contribution in [0.4, 0.5) is 39.4 Å². The summed E-state index contributed by atoms with van der Waals surface area (Å²) in [6, 6.07) is 15.8. The molecule has 9 nitrogen and oxygen atoms in total. The number of urea groups is 1. The first kappa shape index (κ1) is 34.1. The van der Waals surface area contributed by atoms with Gasteiger partial charge in [-0.1, -0.05) is 31.2 Å². The van der Waals surface area contributed by atoms with Crippen LogP contribution in [-0.4, -0.2) is 48.3 Å². The van der Waals surface area contributed by atoms with Crippen molar-refractivity contribution in [1.82, 2.24) is 20.8 Å². The zero-order chi connectivity index (χ0) is 34.3. The highest BCUT2D eigenvalue weighted by Gasteiger charge is 2.30. The molecule has 1 aromatic heterocycles. The number of hydrogen-bond acceptors (Lipinski definition) is 5. The highest BCUT2D eigenvalue weighted by molar-refractivity contribution is 6.04. The van der Waals surface area contributed by atoms with Crippen molar-refractivity contribution in [3.8, 4) is 0 Å². The van der Waals surface area contributed by atoms with Gasteiger partial charge in [-0.3, -0.25) is 9.89 Å². The number of alkyl halides is 3. The van der Waals surface area contributed by atoms with Gasteiger partial charge in [0, 0.05) is 60.1 Å². The van der Waals surface area contributed by atoms with Crippen molar-refractivity contribution in [2.24, 2.45) is 0 Å². The van der Waals surface area contributed by atoms with E-state index in [0.717, 1.165) is 61.6 Å². The summed E-state index contributed by atoms with van der Waals surface area (Å²) in [7, 11) is 0. The number of benzene rings is 3. The van der Waals surface area contributed by atoms with Crippen LogP contribution in [0.25, 0.3) is 12.2 Å². The third-order valence-corrected chi connectivity index (χ3v) is 7.71. The summed E-state index contributed by atoms with van der Waals surface area (Å²) in [6.07, 6.45) is 0.303. The summed E-state index contributed by atoms with van der Waals surface area (Å²) in [6.45, 7) is 7.24. The van der Waals surface area contributed by atoms with Gasteiger partial charge < -0.3 is 26.6 Å². The number of aromatic nitrogens is 2. The smallest absolute Gasteiger partial charge is 0.320 e. The van der Waals surface area contributed by atoms with Crippen molar-refractivity contribution in [3.05, 3.63) is 117 Å². The van der Waals surface area contributed by atoms with Crippen LogP contribution in [0.5, 0.6) is 0 Å². The first-order chi connectivity index (χ1) is 23.0. The van der Waals surface area contributed by atoms with Crippen molar-refractivity contribution < 1.29 is 27.2 Å². The second kappa shape index (κ2) is 15.1. The molecular weight excluding hydrogens is 626 g/mol. The first-order valence-electron chi connectivity index (χ1n) is 15.3. The van der Waals surface area contributed by atoms with Gasteiger partial charge in [0.25, 0.3) is 5.91 Å². The molecule has 3 aromatic carbocycles. The quantitative estimate of drug-likeness (QED) is 0.119. The summed E-state index contributed by atoms with van der Waals surface area (Å²) in [5.74, 6) is -0.692. The minimum Gasteiger partial charge on any atom is -0.320 e. The van der Waals surface area contributed by atoms with Gasteiger partial charge in [-0.2, -0.15) is 18.3 Å². The van der Waals surface area contributed by atoms with Crippen molar-refractivity contribution in [2.45, 2.75) is 26.4 Å². The number of halogens is 4. The highest BCUT2D eigenvalue weighted by atomic mass is 19.4. The topological polar surface area (TPSA) is 123 Å². The summed E-state index contributed by atoms with van der Waals surface area (Å²) in [4.78, 5) is 24.2. The largest absolute Gasteiger partial charge is 0.416 e. The van der Waals surface area contributed by atoms with Crippen molar-refractivity contribution >= 4 is 41.2 Å². The Bertz CT molecular complexity index is 1820. The third kappa shape index (κ3) is 8.96. The second-order valence-electron chi connectivity index (χ2n) is 11.3. The Morgan fingerprint density at radius 3 is 1.88 bits per heavy atom. The fourth-order valence-corrected chi connectivity index (χ4v) is 4.81. The van der Waals surface area contributed by atoms with E-state index in [9.17, 15) is 27.2 Å². The fourth-order valence-electron chi connectivity index (χ4n) is 4.81. The van der Waals surface area contributed by atoms with Crippen LogP contribution in [0.1, 0.15) is 45.4 Å². The molecule has 250 valence electrons. The Morgan fingerprint density at radius 2 is 1.38 bits per heavy atom. The molecule has 48 heavy (non-hydrogen) atoms. The van der Waals surface area contributed by atoms with Crippen LogP contribution in [0.15, 0.2) is 77.9 Å². The van der Waals surface area contributed by atoms with Gasteiger partial charge in [0.1, 0.15) is 5.82 Å². The summed E-state index contributed by atoms with van der Waals surface area (Å²) in [5, 5.41) is 21.0. The summed E-state index contributed by atoms with van der Waals surface area (Å²) < 4.78 is 51.6. The van der Waals surface area contributed by atoms with E-state index in [1.54, 1.807) is 24.3 Å². The Labute approximate surface area is 274 Å². The monoisotopic (exact) mass is 661 g/mol. The van der Waals surface area contributed by atoms with Gasteiger partial charge in [0.2, 0.25) is 0 Å². The molecule has 0 bridgehead atoms. The van der Waals surface area contributed by atoms with E-state index in [4.69, 9.17) is 0 Å². The molecule has 0 atom stereocenters. The van der Waals surface area contributed by atoms with Gasteiger partial charge in [-0.15, -0.1) is 0 Å². The van der Waals surface area contributed by atoms with Crippen LogP contribution in [-0.2, 0) is 12.6 Å². The number of amides is 3. The average Bonchev–Trinajstić information content (AvgIpc) is 3.39. The molecule has 3 heterocycles. The number of aryl methyl sites for hydroxylation is 1. The zero-order valence-electron chi connectivity index (χ0n) is 26.3. The van der Waals surface area contributed by atoms with Gasteiger partial charge in [0.15, 0.2) is 5.69 Å². The van der Waals surface area contributed by atoms with Gasteiger partial charge in [-0.25, -0.2) is 9.18 Å². The zero-order valence-corrected chi connectivity index (χ0v) is 26.3. The number of hydrogen-bond donors (Lipinski definition) is 6. The molecule has 2 aliphatic rings. The lowest BCUT2D eigenvalue weighted by Crippen LogP contribution is -2.33. The molecule has 2 fully saturated rings. The number of H-pyrrole nitrogens is 1. The molecule has 0 spiro atoms. The molecule has 0 aliphatic carbocycles. The van der Waals surface area contributed by atoms with Gasteiger partial charge in [-0.05, 0) is 84.7 Å². The number of rotatable bonds is 7. The summed E-state index contributed by atoms with van der Waals surface area (Å²) >= 11 is 0. The fraction of sp³-hybridized carbons (Fsp3) is 0.229. The van der Waals surface area contributed by atoms with Crippen LogP contribution < -0.4 is 26.6 Å². The molecule has 2 saturated heterocycles. The van der Waals surface area contributed by atoms with Crippen LogP contribution in [0, 0.1) is 12.7 Å². The molecule has 6 rings (SSSR count).